The van der Waals surface area contributed by atoms with E-state index in [9.17, 15) is 9.59 Å². The minimum absolute atomic E-state index is 0.0144. The van der Waals surface area contributed by atoms with Crippen molar-refractivity contribution < 1.29 is 23.7 Å². The largest absolute Gasteiger partial charge is 0.481 e. The molecule has 5 aliphatic rings. The molecule has 7 atom stereocenters. The van der Waals surface area contributed by atoms with Crippen molar-refractivity contribution in [2.75, 3.05) is 6.54 Å². The van der Waals surface area contributed by atoms with Crippen LogP contribution in [0.4, 0.5) is 0 Å². The zero-order valence-corrected chi connectivity index (χ0v) is 28.9. The molecule has 48 heavy (non-hydrogen) atoms. The van der Waals surface area contributed by atoms with Crippen molar-refractivity contribution in [3.63, 3.8) is 0 Å². The van der Waals surface area contributed by atoms with Crippen LogP contribution in [-0.4, -0.2) is 59.4 Å². The highest BCUT2D eigenvalue weighted by atomic mass is 16.7. The van der Waals surface area contributed by atoms with Crippen molar-refractivity contribution in [3.05, 3.63) is 78.1 Å². The van der Waals surface area contributed by atoms with Gasteiger partial charge < -0.3 is 24.8 Å². The number of carbonyl (C=O) groups excluding carboxylic acids is 2. The molecule has 4 fully saturated rings. The molecule has 252 valence electrons. The maximum atomic E-state index is 14.6. The van der Waals surface area contributed by atoms with Crippen LogP contribution in [0, 0.1) is 23.2 Å². The average Bonchev–Trinajstić information content (AvgIpc) is 3.68. The Hall–Kier alpha value is -3.76. The van der Waals surface area contributed by atoms with Crippen molar-refractivity contribution in [1.29, 1.82) is 0 Å². The van der Waals surface area contributed by atoms with E-state index in [1.54, 1.807) is 6.20 Å². The summed E-state index contributed by atoms with van der Waals surface area (Å²) in [5.74, 6) is 0.0684. The summed E-state index contributed by atoms with van der Waals surface area (Å²) in [6.45, 7) is 13.3. The van der Waals surface area contributed by atoms with Gasteiger partial charge in [0.15, 0.2) is 0 Å². The lowest BCUT2D eigenvalue weighted by Crippen LogP contribution is -2.65. The Labute approximate surface area is 283 Å². The van der Waals surface area contributed by atoms with E-state index in [2.05, 4.69) is 55.4 Å². The van der Waals surface area contributed by atoms with Crippen LogP contribution in [-0.2, 0) is 18.9 Å². The minimum atomic E-state index is -1.33. The molecule has 2 aliphatic heterocycles. The van der Waals surface area contributed by atoms with Gasteiger partial charge >= 0.3 is 7.12 Å². The zero-order valence-electron chi connectivity index (χ0n) is 28.9. The number of hydrogen-bond acceptors (Lipinski definition) is 7. The second kappa shape index (κ2) is 12.3. The molecule has 3 aromatic rings. The zero-order chi connectivity index (χ0) is 33.8. The summed E-state index contributed by atoms with van der Waals surface area (Å²) in [7, 11) is -0.556. The van der Waals surface area contributed by atoms with E-state index in [1.165, 1.54) is 0 Å². The second-order valence-electron chi connectivity index (χ2n) is 15.6. The van der Waals surface area contributed by atoms with E-state index in [-0.39, 0.29) is 53.8 Å². The van der Waals surface area contributed by atoms with E-state index in [0.717, 1.165) is 29.2 Å². The molecular weight excluding hydrogens is 603 g/mol. The summed E-state index contributed by atoms with van der Waals surface area (Å²) in [6.07, 6.45) is 4.70. The summed E-state index contributed by atoms with van der Waals surface area (Å²) in [4.78, 5) is 38.5. The SMILES string of the molecule is CC(C)C[C@H](NC(=O)C1(C(C)c2ccccc2)CC(CNC(=O)c2nccc3ccccc23)=NO1)B1O[C@@H]2C[C@@H]3C[C@@H](C3(C)C)[C@]2(C)O1. The number of rotatable bonds is 10. The highest BCUT2D eigenvalue weighted by Crippen LogP contribution is 2.65. The first-order chi connectivity index (χ1) is 22.9. The van der Waals surface area contributed by atoms with Gasteiger partial charge in [-0.05, 0) is 66.4 Å². The number of nitrogens with zero attached hydrogens (tertiary/aromatic N) is 2. The fourth-order valence-electron chi connectivity index (χ4n) is 8.84. The number of carbonyl (C=O) groups is 2. The lowest BCUT2D eigenvalue weighted by Gasteiger charge is -2.64. The summed E-state index contributed by atoms with van der Waals surface area (Å²) in [5, 5.41) is 12.4. The van der Waals surface area contributed by atoms with Gasteiger partial charge in [-0.3, -0.25) is 14.6 Å². The predicted molar refractivity (Wildman–Crippen MR) is 186 cm³/mol. The van der Waals surface area contributed by atoms with Crippen molar-refractivity contribution in [2.45, 2.75) is 96.4 Å². The quantitative estimate of drug-likeness (QED) is 0.258. The first kappa shape index (κ1) is 32.8. The fraction of sp³-hybridized carbons (Fsp3) is 0.526. The Bertz CT molecular complexity index is 1730. The number of oxime groups is 1. The number of fused-ring (bicyclic) bond motifs is 1. The van der Waals surface area contributed by atoms with Crippen molar-refractivity contribution in [2.24, 2.45) is 28.3 Å². The Kier molecular flexibility index (Phi) is 8.39. The van der Waals surface area contributed by atoms with Gasteiger partial charge in [-0.2, -0.15) is 0 Å². The summed E-state index contributed by atoms with van der Waals surface area (Å²) < 4.78 is 13.5. The van der Waals surface area contributed by atoms with Gasteiger partial charge in [-0.15, -0.1) is 0 Å². The molecule has 9 nitrogen and oxygen atoms in total. The van der Waals surface area contributed by atoms with Crippen LogP contribution in [0.1, 0.15) is 89.2 Å². The molecule has 2 bridgehead atoms. The van der Waals surface area contributed by atoms with Gasteiger partial charge in [-0.1, -0.05) is 94.4 Å². The molecule has 0 spiro atoms. The van der Waals surface area contributed by atoms with Gasteiger partial charge in [0, 0.05) is 23.9 Å². The maximum absolute atomic E-state index is 14.6. The number of benzene rings is 2. The average molecular weight is 651 g/mol. The van der Waals surface area contributed by atoms with Crippen LogP contribution in [0.3, 0.4) is 0 Å². The molecule has 0 radical (unpaired) electrons. The van der Waals surface area contributed by atoms with Crippen LogP contribution in [0.25, 0.3) is 10.8 Å². The first-order valence-electron chi connectivity index (χ1n) is 17.5. The third-order valence-electron chi connectivity index (χ3n) is 11.9. The summed E-state index contributed by atoms with van der Waals surface area (Å²) in [5.41, 5.74) is 0.401. The number of aromatic nitrogens is 1. The van der Waals surface area contributed by atoms with E-state index in [4.69, 9.17) is 14.1 Å². The first-order valence-corrected chi connectivity index (χ1v) is 17.5. The number of nitrogens with one attached hydrogen (secondary N) is 2. The third kappa shape index (κ3) is 5.51. The number of amides is 2. The van der Waals surface area contributed by atoms with Crippen LogP contribution >= 0.6 is 0 Å². The molecule has 3 heterocycles. The van der Waals surface area contributed by atoms with Crippen LogP contribution in [0.5, 0.6) is 0 Å². The Morgan fingerprint density at radius 2 is 1.75 bits per heavy atom. The number of pyridine rings is 1. The Morgan fingerprint density at radius 1 is 1.00 bits per heavy atom. The highest BCUT2D eigenvalue weighted by Gasteiger charge is 2.68. The van der Waals surface area contributed by atoms with Gasteiger partial charge in [-0.25, -0.2) is 0 Å². The van der Waals surface area contributed by atoms with Crippen molar-refractivity contribution in [3.8, 4) is 0 Å². The fourth-order valence-corrected chi connectivity index (χ4v) is 8.84. The monoisotopic (exact) mass is 650 g/mol. The van der Waals surface area contributed by atoms with Gasteiger partial charge in [0.05, 0.1) is 29.9 Å². The topological polar surface area (TPSA) is 111 Å². The summed E-state index contributed by atoms with van der Waals surface area (Å²) in [6, 6.07) is 19.4. The van der Waals surface area contributed by atoms with Crippen LogP contribution in [0.15, 0.2) is 72.0 Å². The third-order valence-corrected chi connectivity index (χ3v) is 11.9. The Balaban J connectivity index is 1.10. The highest BCUT2D eigenvalue weighted by molar-refractivity contribution is 6.48. The lowest BCUT2D eigenvalue weighted by atomic mass is 9.43. The molecule has 2 unspecified atom stereocenters. The molecule has 2 N–H and O–H groups in total. The summed E-state index contributed by atoms with van der Waals surface area (Å²) >= 11 is 0. The molecule has 1 saturated heterocycles. The lowest BCUT2D eigenvalue weighted by molar-refractivity contribution is -0.199. The maximum Gasteiger partial charge on any atom is 0.481 e. The van der Waals surface area contributed by atoms with E-state index in [1.807, 2.05) is 67.6 Å². The van der Waals surface area contributed by atoms with E-state index in [0.29, 0.717) is 35.6 Å². The molecular formula is C38H47BN4O5. The number of hydrogen-bond donors (Lipinski definition) is 2. The molecule has 3 aliphatic carbocycles. The molecule has 8 rings (SSSR count). The van der Waals surface area contributed by atoms with Gasteiger partial charge in [0.1, 0.15) is 5.69 Å². The molecule has 1 aromatic heterocycles. The molecule has 2 amide bonds. The predicted octanol–water partition coefficient (Wildman–Crippen LogP) is 6.08. The van der Waals surface area contributed by atoms with Crippen LogP contribution in [0.2, 0.25) is 0 Å². The second-order valence-corrected chi connectivity index (χ2v) is 15.6. The normalized spacial score (nSPS) is 29.8. The Morgan fingerprint density at radius 3 is 2.50 bits per heavy atom. The van der Waals surface area contributed by atoms with E-state index >= 15 is 0 Å². The van der Waals surface area contributed by atoms with Crippen molar-refractivity contribution >= 4 is 35.4 Å². The van der Waals surface area contributed by atoms with Gasteiger partial charge in [0.25, 0.3) is 11.8 Å². The standard InChI is InChI=1S/C38H47BN4O5/c1-23(2)18-32(39-46-31-20-27-19-30(36(27,4)5)37(31,6)47-39)42-35(45)38(24(3)25-12-8-7-9-13-25)21-28(43-48-38)22-41-34(44)33-29-15-11-10-14-26(29)16-17-40-33/h7-17,23-24,27,30-32H,18-22H2,1-6H3,(H,41,44)(H,42,45)/t24?,27-,30-,31+,32-,37-,38?/m0/s1. The van der Waals surface area contributed by atoms with Crippen LogP contribution < -0.4 is 10.6 Å². The van der Waals surface area contributed by atoms with E-state index < -0.39 is 12.7 Å². The molecule has 3 saturated carbocycles. The van der Waals surface area contributed by atoms with Gasteiger partial charge in [0.2, 0.25) is 5.60 Å². The smallest absolute Gasteiger partial charge is 0.404 e. The minimum Gasteiger partial charge on any atom is -0.404 e. The molecule has 2 aromatic carbocycles. The molecule has 10 heteroatoms. The van der Waals surface area contributed by atoms with Crippen molar-refractivity contribution in [1.82, 2.24) is 15.6 Å².